The minimum Gasteiger partial charge on any atom is -0.456 e. The summed E-state index contributed by atoms with van der Waals surface area (Å²) in [6.07, 6.45) is 0. The second-order valence-corrected chi connectivity index (χ2v) is 14.8. The molecule has 0 aliphatic heterocycles. The van der Waals surface area contributed by atoms with Gasteiger partial charge in [0.2, 0.25) is 0 Å². The van der Waals surface area contributed by atoms with E-state index in [1.54, 1.807) is 0 Å². The van der Waals surface area contributed by atoms with Crippen molar-refractivity contribution < 1.29 is 8.83 Å². The Kier molecular flexibility index (Phi) is 6.66. The van der Waals surface area contributed by atoms with Crippen LogP contribution >= 0.6 is 0 Å². The van der Waals surface area contributed by atoms with Crippen molar-refractivity contribution in [3.05, 3.63) is 194 Å². The summed E-state index contributed by atoms with van der Waals surface area (Å²) in [6.45, 7) is 0. The Balaban J connectivity index is 1.19. The van der Waals surface area contributed by atoms with E-state index in [-0.39, 0.29) is 0 Å². The second kappa shape index (κ2) is 12.0. The summed E-state index contributed by atoms with van der Waals surface area (Å²) in [5.41, 5.74) is 12.5. The fourth-order valence-electron chi connectivity index (χ4n) is 8.96. The Hall–Kier alpha value is -7.42. The number of rotatable bonds is 4. The molecule has 12 aromatic rings. The monoisotopic (exact) mass is 712 g/mol. The first-order valence-corrected chi connectivity index (χ1v) is 19.1. The van der Waals surface area contributed by atoms with E-state index in [9.17, 15) is 0 Å². The van der Waals surface area contributed by atoms with Gasteiger partial charge in [0.1, 0.15) is 22.3 Å². The Bertz CT molecular complexity index is 3450. The minimum absolute atomic E-state index is 0.857. The molecule has 0 N–H and O–H groups in total. The van der Waals surface area contributed by atoms with Crippen LogP contribution in [0.5, 0.6) is 0 Å². The molecule has 0 aliphatic carbocycles. The molecule has 0 saturated carbocycles. The topological polar surface area (TPSA) is 26.3 Å². The van der Waals surface area contributed by atoms with Crippen LogP contribution in [0, 0.1) is 0 Å². The van der Waals surface area contributed by atoms with Crippen molar-refractivity contribution >= 4 is 76.2 Å². The molecule has 0 unspecified atom stereocenters. The fraction of sp³-hybridized carbons (Fsp3) is 0. The third-order valence-corrected chi connectivity index (χ3v) is 11.6. The average Bonchev–Trinajstić information content (AvgIpc) is 3.85. The smallest absolute Gasteiger partial charge is 0.143 e. The van der Waals surface area contributed by atoms with Gasteiger partial charge in [-0.2, -0.15) is 0 Å². The first-order chi connectivity index (χ1) is 27.7. The van der Waals surface area contributed by atoms with Crippen LogP contribution in [0.15, 0.2) is 203 Å². The highest BCUT2D eigenvalue weighted by atomic mass is 16.3. The molecule has 2 nitrogen and oxygen atoms in total. The lowest BCUT2D eigenvalue weighted by molar-refractivity contribution is 0.668. The molecular formula is C54H32O2. The quantitative estimate of drug-likeness (QED) is 0.182. The Morgan fingerprint density at radius 2 is 0.821 bits per heavy atom. The van der Waals surface area contributed by atoms with Gasteiger partial charge in [0, 0.05) is 32.7 Å². The van der Waals surface area contributed by atoms with Gasteiger partial charge in [0.15, 0.2) is 0 Å². The van der Waals surface area contributed by atoms with Crippen molar-refractivity contribution in [1.82, 2.24) is 0 Å². The van der Waals surface area contributed by atoms with Crippen LogP contribution < -0.4 is 0 Å². The zero-order valence-corrected chi connectivity index (χ0v) is 30.3. The molecule has 0 fully saturated rings. The summed E-state index contributed by atoms with van der Waals surface area (Å²) in [5.74, 6) is 0. The lowest BCUT2D eigenvalue weighted by atomic mass is 9.86. The largest absolute Gasteiger partial charge is 0.456 e. The minimum atomic E-state index is 0.857. The molecule has 0 spiro atoms. The molecular weight excluding hydrogens is 681 g/mol. The van der Waals surface area contributed by atoms with E-state index >= 15 is 0 Å². The SMILES string of the molecule is c1ccc2cc(-c3cc(-c4ccc5ccccc5c4)cc(-c4c(-c5cccc6c5oc5ccc7ccccc7c56)ccc5oc6ccccc6c45)c3)ccc2c1. The van der Waals surface area contributed by atoms with E-state index in [4.69, 9.17) is 8.83 Å². The van der Waals surface area contributed by atoms with Crippen LogP contribution in [0.1, 0.15) is 0 Å². The number of fused-ring (bicyclic) bond motifs is 10. The van der Waals surface area contributed by atoms with Gasteiger partial charge in [-0.25, -0.2) is 0 Å². The van der Waals surface area contributed by atoms with E-state index < -0.39 is 0 Å². The van der Waals surface area contributed by atoms with Crippen molar-refractivity contribution in [2.45, 2.75) is 0 Å². The highest BCUT2D eigenvalue weighted by Crippen LogP contribution is 2.48. The maximum atomic E-state index is 6.86. The lowest BCUT2D eigenvalue weighted by Crippen LogP contribution is -1.91. The highest BCUT2D eigenvalue weighted by Gasteiger charge is 2.22. The molecule has 0 radical (unpaired) electrons. The number of furan rings is 2. The lowest BCUT2D eigenvalue weighted by Gasteiger charge is -2.16. The van der Waals surface area contributed by atoms with E-state index in [0.29, 0.717) is 0 Å². The maximum Gasteiger partial charge on any atom is 0.143 e. The molecule has 0 saturated heterocycles. The first-order valence-electron chi connectivity index (χ1n) is 19.1. The molecule has 0 amide bonds. The zero-order valence-electron chi connectivity index (χ0n) is 30.3. The van der Waals surface area contributed by atoms with Gasteiger partial charge in [-0.3, -0.25) is 0 Å². The van der Waals surface area contributed by atoms with Crippen LogP contribution in [-0.2, 0) is 0 Å². The maximum absolute atomic E-state index is 6.86. The summed E-state index contributed by atoms with van der Waals surface area (Å²) in [6, 6.07) is 70.0. The Morgan fingerprint density at radius 1 is 0.268 bits per heavy atom. The standard InChI is InChI=1S/C54H32O2/c1-3-13-36-28-38(22-20-33(36)10-1)40-30-41(39-23-21-34-11-2-4-14-37(34)29-39)32-42(31-40)51-44(25-27-50-53(51)46-16-7-8-19-48(46)55-50)45-17-9-18-47-52-43-15-6-5-12-35(43)24-26-49(52)56-54(45)47/h1-32H. The van der Waals surface area contributed by atoms with Gasteiger partial charge in [-0.05, 0) is 120 Å². The summed E-state index contributed by atoms with van der Waals surface area (Å²) < 4.78 is 13.5. The summed E-state index contributed by atoms with van der Waals surface area (Å²) >= 11 is 0. The second-order valence-electron chi connectivity index (χ2n) is 14.8. The summed E-state index contributed by atoms with van der Waals surface area (Å²) in [5, 5.41) is 11.7. The van der Waals surface area contributed by atoms with E-state index in [1.165, 1.54) is 43.4 Å². The van der Waals surface area contributed by atoms with Crippen LogP contribution in [0.25, 0.3) is 121 Å². The predicted molar refractivity (Wildman–Crippen MR) is 235 cm³/mol. The average molecular weight is 713 g/mol. The van der Waals surface area contributed by atoms with Crippen molar-refractivity contribution in [1.29, 1.82) is 0 Å². The summed E-state index contributed by atoms with van der Waals surface area (Å²) in [4.78, 5) is 0. The van der Waals surface area contributed by atoms with Gasteiger partial charge < -0.3 is 8.83 Å². The Labute approximate surface area is 322 Å². The van der Waals surface area contributed by atoms with E-state index in [2.05, 4.69) is 188 Å². The predicted octanol–water partition coefficient (Wildman–Crippen LogP) is 15.6. The molecule has 0 aliphatic rings. The van der Waals surface area contributed by atoms with Gasteiger partial charge in [-0.1, -0.05) is 140 Å². The van der Waals surface area contributed by atoms with Gasteiger partial charge >= 0.3 is 0 Å². The molecule has 0 bridgehead atoms. The summed E-state index contributed by atoms with van der Waals surface area (Å²) in [7, 11) is 0. The van der Waals surface area contributed by atoms with Crippen molar-refractivity contribution in [3.8, 4) is 44.5 Å². The van der Waals surface area contributed by atoms with Crippen molar-refractivity contribution in [2.24, 2.45) is 0 Å². The van der Waals surface area contributed by atoms with Crippen molar-refractivity contribution in [2.75, 3.05) is 0 Å². The number of hydrogen-bond donors (Lipinski definition) is 0. The number of para-hydroxylation sites is 2. The van der Waals surface area contributed by atoms with E-state index in [1.807, 2.05) is 6.07 Å². The molecule has 0 atom stereocenters. The number of benzene rings is 10. The molecule has 2 heteroatoms. The molecule has 260 valence electrons. The van der Waals surface area contributed by atoms with Gasteiger partial charge in [0.05, 0.1) is 0 Å². The third kappa shape index (κ3) is 4.76. The van der Waals surface area contributed by atoms with Crippen molar-refractivity contribution in [3.63, 3.8) is 0 Å². The van der Waals surface area contributed by atoms with Gasteiger partial charge in [0.25, 0.3) is 0 Å². The normalized spacial score (nSPS) is 11.9. The Morgan fingerprint density at radius 3 is 1.55 bits per heavy atom. The third-order valence-electron chi connectivity index (χ3n) is 11.6. The van der Waals surface area contributed by atoms with Crippen LogP contribution in [0.3, 0.4) is 0 Å². The molecule has 10 aromatic carbocycles. The molecule has 12 rings (SSSR count). The first kappa shape index (κ1) is 31.0. The fourth-order valence-corrected chi connectivity index (χ4v) is 8.96. The van der Waals surface area contributed by atoms with Crippen LogP contribution in [-0.4, -0.2) is 0 Å². The van der Waals surface area contributed by atoms with E-state index in [0.717, 1.165) is 77.3 Å². The van der Waals surface area contributed by atoms with Crippen LogP contribution in [0.2, 0.25) is 0 Å². The zero-order chi connectivity index (χ0) is 36.7. The molecule has 2 aromatic heterocycles. The molecule has 2 heterocycles. The molecule has 56 heavy (non-hydrogen) atoms. The van der Waals surface area contributed by atoms with Crippen LogP contribution in [0.4, 0.5) is 0 Å². The highest BCUT2D eigenvalue weighted by molar-refractivity contribution is 6.23. The number of hydrogen-bond acceptors (Lipinski definition) is 2. The van der Waals surface area contributed by atoms with Gasteiger partial charge in [-0.15, -0.1) is 0 Å².